The number of aromatic nitrogens is 6. The average molecular weight is 637 g/mol. The molecule has 2 saturated heterocycles. The number of carbonyl (C=O) groups excluding carboxylic acids is 2. The number of fused-ring (bicyclic) bond motifs is 1. The molecule has 0 bridgehead atoms. The zero-order valence-corrected chi connectivity index (χ0v) is 25.0. The van der Waals surface area contributed by atoms with E-state index in [1.165, 1.54) is 21.6 Å². The van der Waals surface area contributed by atoms with Gasteiger partial charge in [0.15, 0.2) is 0 Å². The van der Waals surface area contributed by atoms with Crippen molar-refractivity contribution in [2.75, 3.05) is 20.3 Å². The quantitative estimate of drug-likeness (QED) is 0.390. The first-order valence-electron chi connectivity index (χ1n) is 15.1. The summed E-state index contributed by atoms with van der Waals surface area (Å²) in [6, 6.07) is 0.304. The van der Waals surface area contributed by atoms with Gasteiger partial charge in [0.2, 0.25) is 5.92 Å². The van der Waals surface area contributed by atoms with Crippen molar-refractivity contribution < 1.29 is 36.6 Å². The standard InChI is InChI=1S/C29H36F4N8O4/c1-39-21(6-11-34-39)25(42)38-24(17-3-8-28(30,31)9-4-17)20-15-41-27(37-20)36-19(14-35-41)22-13-18(44-2)7-12-40(22)26(43)23-5-10-29(32,33)16-45-23/h6,11,14-15,17-18,22-24H,3-5,7-10,12-13,16H2,1-2H3,(H,38,42)/t18-,22?,23-,24?/m0/s1. The van der Waals surface area contributed by atoms with Crippen LogP contribution in [0.5, 0.6) is 0 Å². The Morgan fingerprint density at radius 1 is 1.07 bits per heavy atom. The molecular formula is C29H36F4N8O4. The second kappa shape index (κ2) is 12.3. The number of ether oxygens (including phenoxy) is 2. The highest BCUT2D eigenvalue weighted by molar-refractivity contribution is 5.92. The van der Waals surface area contributed by atoms with Gasteiger partial charge in [0.1, 0.15) is 18.4 Å². The third-order valence-electron chi connectivity index (χ3n) is 9.18. The average Bonchev–Trinajstić information content (AvgIpc) is 3.65. The molecule has 12 nitrogen and oxygen atoms in total. The van der Waals surface area contributed by atoms with Crippen molar-refractivity contribution in [1.29, 1.82) is 0 Å². The molecule has 1 aliphatic carbocycles. The number of amides is 2. The van der Waals surface area contributed by atoms with Crippen molar-refractivity contribution in [1.82, 2.24) is 39.6 Å². The summed E-state index contributed by atoms with van der Waals surface area (Å²) in [7, 11) is 3.22. The molecule has 0 aromatic carbocycles. The minimum Gasteiger partial charge on any atom is -0.381 e. The summed E-state index contributed by atoms with van der Waals surface area (Å²) in [4.78, 5) is 37.7. The number of likely N-dealkylation sites (tertiary alicyclic amines) is 1. The molecule has 244 valence electrons. The van der Waals surface area contributed by atoms with Crippen LogP contribution in [0.1, 0.15) is 85.3 Å². The molecule has 0 radical (unpaired) electrons. The fourth-order valence-electron chi connectivity index (χ4n) is 6.55. The zero-order valence-electron chi connectivity index (χ0n) is 25.0. The number of piperidine rings is 1. The Morgan fingerprint density at radius 2 is 1.82 bits per heavy atom. The molecule has 45 heavy (non-hydrogen) atoms. The summed E-state index contributed by atoms with van der Waals surface area (Å²) >= 11 is 0. The van der Waals surface area contributed by atoms with Crippen LogP contribution < -0.4 is 5.32 Å². The minimum absolute atomic E-state index is 0.0872. The zero-order chi connectivity index (χ0) is 31.9. The first-order valence-corrected chi connectivity index (χ1v) is 15.1. The number of hydrogen-bond donors (Lipinski definition) is 1. The van der Waals surface area contributed by atoms with Crippen LogP contribution in [0.3, 0.4) is 0 Å². The maximum atomic E-state index is 14.0. The van der Waals surface area contributed by atoms with Gasteiger partial charge in [-0.3, -0.25) is 14.3 Å². The van der Waals surface area contributed by atoms with Crippen LogP contribution >= 0.6 is 0 Å². The second-order valence-corrected chi connectivity index (χ2v) is 12.2. The van der Waals surface area contributed by atoms with E-state index in [4.69, 9.17) is 14.5 Å². The fourth-order valence-corrected chi connectivity index (χ4v) is 6.55. The first-order chi connectivity index (χ1) is 21.4. The van der Waals surface area contributed by atoms with E-state index in [2.05, 4.69) is 20.5 Å². The number of halogens is 4. The normalized spacial score (nSPS) is 26.1. The van der Waals surface area contributed by atoms with Gasteiger partial charge in [-0.05, 0) is 44.1 Å². The number of methoxy groups -OCH3 is 1. The van der Waals surface area contributed by atoms with E-state index in [0.717, 1.165) is 0 Å². The first kappa shape index (κ1) is 31.3. The van der Waals surface area contributed by atoms with Gasteiger partial charge in [-0.1, -0.05) is 0 Å². The summed E-state index contributed by atoms with van der Waals surface area (Å²) in [5, 5.41) is 11.5. The molecule has 3 aliphatic rings. The van der Waals surface area contributed by atoms with Crippen molar-refractivity contribution in [2.24, 2.45) is 13.0 Å². The van der Waals surface area contributed by atoms with E-state index in [9.17, 15) is 27.2 Å². The molecule has 3 aromatic heterocycles. The van der Waals surface area contributed by atoms with Crippen LogP contribution in [0.4, 0.5) is 17.6 Å². The lowest BCUT2D eigenvalue weighted by atomic mass is 9.81. The number of nitrogens with zero attached hydrogens (tertiary/aromatic N) is 7. The Kier molecular flexibility index (Phi) is 8.54. The minimum atomic E-state index is -2.96. The van der Waals surface area contributed by atoms with Crippen LogP contribution in [0.2, 0.25) is 0 Å². The van der Waals surface area contributed by atoms with E-state index < -0.39 is 49.0 Å². The molecule has 0 spiro atoms. The summed E-state index contributed by atoms with van der Waals surface area (Å²) in [6.07, 6.45) is 3.72. The van der Waals surface area contributed by atoms with E-state index >= 15 is 0 Å². The van der Waals surface area contributed by atoms with E-state index in [1.807, 2.05) is 0 Å². The Hall–Kier alpha value is -3.66. The number of alkyl halides is 4. The van der Waals surface area contributed by atoms with Crippen molar-refractivity contribution in [3.63, 3.8) is 0 Å². The predicted octanol–water partition coefficient (Wildman–Crippen LogP) is 3.65. The van der Waals surface area contributed by atoms with Gasteiger partial charge in [0.25, 0.3) is 23.5 Å². The Labute approximate surface area is 256 Å². The number of carbonyl (C=O) groups is 2. The molecule has 2 amide bonds. The van der Waals surface area contributed by atoms with Crippen molar-refractivity contribution in [2.45, 2.75) is 87.5 Å². The molecule has 5 heterocycles. The Morgan fingerprint density at radius 3 is 2.49 bits per heavy atom. The molecular weight excluding hydrogens is 600 g/mol. The van der Waals surface area contributed by atoms with Crippen molar-refractivity contribution in [3.8, 4) is 0 Å². The third kappa shape index (κ3) is 6.66. The van der Waals surface area contributed by atoms with Gasteiger partial charge in [-0.2, -0.15) is 10.2 Å². The summed E-state index contributed by atoms with van der Waals surface area (Å²) < 4.78 is 69.2. The molecule has 4 atom stereocenters. The Bertz CT molecular complexity index is 1530. The largest absolute Gasteiger partial charge is 0.381 e. The second-order valence-electron chi connectivity index (χ2n) is 12.2. The van der Waals surface area contributed by atoms with Crippen LogP contribution in [0.15, 0.2) is 24.7 Å². The van der Waals surface area contributed by atoms with Crippen LogP contribution in [0, 0.1) is 5.92 Å². The molecule has 6 rings (SSSR count). The summed E-state index contributed by atoms with van der Waals surface area (Å²) in [5.74, 6) is -6.62. The lowest BCUT2D eigenvalue weighted by molar-refractivity contribution is -0.174. The third-order valence-corrected chi connectivity index (χ3v) is 9.18. The molecule has 1 saturated carbocycles. The molecule has 16 heteroatoms. The number of aryl methyl sites for hydroxylation is 1. The molecule has 3 fully saturated rings. The number of nitrogens with one attached hydrogen (secondary N) is 1. The maximum Gasteiger partial charge on any atom is 0.271 e. The van der Waals surface area contributed by atoms with Crippen LogP contribution in [0.25, 0.3) is 5.78 Å². The summed E-state index contributed by atoms with van der Waals surface area (Å²) in [5.41, 5.74) is 1.16. The molecule has 2 aliphatic heterocycles. The van der Waals surface area contributed by atoms with E-state index in [-0.39, 0.29) is 55.8 Å². The number of imidazole rings is 1. The summed E-state index contributed by atoms with van der Waals surface area (Å²) in [6.45, 7) is -0.485. The molecule has 3 aromatic rings. The van der Waals surface area contributed by atoms with Gasteiger partial charge in [0, 0.05) is 46.2 Å². The van der Waals surface area contributed by atoms with Crippen molar-refractivity contribution >= 4 is 17.6 Å². The monoisotopic (exact) mass is 636 g/mol. The van der Waals surface area contributed by atoms with Gasteiger partial charge in [0.05, 0.1) is 42.0 Å². The van der Waals surface area contributed by atoms with Gasteiger partial charge in [-0.25, -0.2) is 32.0 Å². The van der Waals surface area contributed by atoms with Crippen LogP contribution in [-0.2, 0) is 21.3 Å². The van der Waals surface area contributed by atoms with E-state index in [0.29, 0.717) is 36.5 Å². The van der Waals surface area contributed by atoms with Crippen molar-refractivity contribution in [3.05, 3.63) is 41.7 Å². The molecule has 2 unspecified atom stereocenters. The topological polar surface area (TPSA) is 129 Å². The predicted molar refractivity (Wildman–Crippen MR) is 150 cm³/mol. The maximum absolute atomic E-state index is 14.0. The molecule has 1 N–H and O–H groups in total. The smallest absolute Gasteiger partial charge is 0.271 e. The highest BCUT2D eigenvalue weighted by Crippen LogP contribution is 2.41. The Balaban J connectivity index is 1.28. The highest BCUT2D eigenvalue weighted by atomic mass is 19.3. The van der Waals surface area contributed by atoms with Crippen LogP contribution in [-0.4, -0.2) is 90.4 Å². The fraction of sp³-hybridized carbons (Fsp3) is 0.655. The van der Waals surface area contributed by atoms with Gasteiger partial charge < -0.3 is 19.7 Å². The van der Waals surface area contributed by atoms with Gasteiger partial charge in [-0.15, -0.1) is 0 Å². The number of rotatable bonds is 7. The van der Waals surface area contributed by atoms with E-state index in [1.54, 1.807) is 31.3 Å². The lowest BCUT2D eigenvalue weighted by Crippen LogP contribution is -2.50. The highest BCUT2D eigenvalue weighted by Gasteiger charge is 2.43. The number of hydrogen-bond acceptors (Lipinski definition) is 8. The lowest BCUT2D eigenvalue weighted by Gasteiger charge is -2.41. The SMILES string of the molecule is CO[C@H]1CCN(C(=O)[C@@H]2CCC(F)(F)CO2)C(c2cnn3cc(C(NC(=O)c4ccnn4C)C4CCC(F)(F)CC4)nc3n2)C1. The van der Waals surface area contributed by atoms with Gasteiger partial charge >= 0.3 is 0 Å².